The molecule has 0 saturated heterocycles. The number of fused-ring (bicyclic) bond motifs is 1. The predicted molar refractivity (Wildman–Crippen MR) is 119 cm³/mol. The first-order chi connectivity index (χ1) is 15.1. The van der Waals surface area contributed by atoms with Crippen LogP contribution in [-0.4, -0.2) is 34.1 Å². The van der Waals surface area contributed by atoms with Crippen LogP contribution in [0, 0.1) is 13.8 Å². The van der Waals surface area contributed by atoms with E-state index in [1.807, 2.05) is 61.6 Å². The predicted octanol–water partition coefficient (Wildman–Crippen LogP) is 3.82. The SMILES string of the molecule is Cc1cc(-c2ncc(CNc3nccn4c(-c5cnn(C)c5)cnc34)cc2C)ccn1. The molecule has 0 aliphatic rings. The standard InChI is InChI=1S/C23H22N8/c1-15-8-17(10-26-21(15)18-4-5-24-16(2)9-18)11-27-22-23-28-13-20(31(23)7-6-25-22)19-12-29-30(3)14-19/h4-10,12-14H,11H2,1-3H3,(H,25,27). The van der Waals surface area contributed by atoms with Crippen LogP contribution in [0.2, 0.25) is 0 Å². The van der Waals surface area contributed by atoms with Crippen LogP contribution < -0.4 is 5.32 Å². The number of pyridine rings is 2. The smallest absolute Gasteiger partial charge is 0.180 e. The fraction of sp³-hybridized carbons (Fsp3) is 0.174. The van der Waals surface area contributed by atoms with Gasteiger partial charge >= 0.3 is 0 Å². The Labute approximate surface area is 179 Å². The minimum atomic E-state index is 0.602. The number of nitrogens with zero attached hydrogens (tertiary/aromatic N) is 7. The van der Waals surface area contributed by atoms with E-state index in [0.717, 1.165) is 50.8 Å². The van der Waals surface area contributed by atoms with Gasteiger partial charge in [-0.2, -0.15) is 5.10 Å². The monoisotopic (exact) mass is 410 g/mol. The molecule has 8 nitrogen and oxygen atoms in total. The van der Waals surface area contributed by atoms with Crippen LogP contribution >= 0.6 is 0 Å². The van der Waals surface area contributed by atoms with Crippen molar-refractivity contribution < 1.29 is 0 Å². The van der Waals surface area contributed by atoms with E-state index in [1.165, 1.54) is 0 Å². The maximum atomic E-state index is 4.69. The highest BCUT2D eigenvalue weighted by Crippen LogP contribution is 2.24. The van der Waals surface area contributed by atoms with Crippen molar-refractivity contribution in [3.8, 4) is 22.5 Å². The molecule has 0 atom stereocenters. The number of hydrogen-bond donors (Lipinski definition) is 1. The Hall–Kier alpha value is -4.07. The zero-order chi connectivity index (χ0) is 21.4. The van der Waals surface area contributed by atoms with Crippen LogP contribution in [0.5, 0.6) is 0 Å². The van der Waals surface area contributed by atoms with Gasteiger partial charge in [0, 0.05) is 61.4 Å². The van der Waals surface area contributed by atoms with E-state index in [-0.39, 0.29) is 0 Å². The first-order valence-electron chi connectivity index (χ1n) is 10.0. The van der Waals surface area contributed by atoms with E-state index in [2.05, 4.69) is 44.4 Å². The molecule has 0 unspecified atom stereocenters. The average molecular weight is 410 g/mol. The molecule has 5 aromatic heterocycles. The molecular weight excluding hydrogens is 388 g/mol. The zero-order valence-corrected chi connectivity index (χ0v) is 17.6. The van der Waals surface area contributed by atoms with Crippen LogP contribution in [0.1, 0.15) is 16.8 Å². The van der Waals surface area contributed by atoms with Crippen LogP contribution in [-0.2, 0) is 13.6 Å². The fourth-order valence-corrected chi connectivity index (χ4v) is 3.72. The second-order valence-electron chi connectivity index (χ2n) is 7.56. The van der Waals surface area contributed by atoms with Gasteiger partial charge < -0.3 is 5.32 Å². The van der Waals surface area contributed by atoms with Gasteiger partial charge in [0.2, 0.25) is 0 Å². The first-order valence-corrected chi connectivity index (χ1v) is 10.0. The van der Waals surface area contributed by atoms with E-state index in [0.29, 0.717) is 6.54 Å². The molecule has 0 radical (unpaired) electrons. The van der Waals surface area contributed by atoms with Crippen molar-refractivity contribution in [2.24, 2.45) is 7.05 Å². The topological polar surface area (TPSA) is 85.8 Å². The van der Waals surface area contributed by atoms with Gasteiger partial charge in [-0.15, -0.1) is 0 Å². The maximum absolute atomic E-state index is 4.69. The quantitative estimate of drug-likeness (QED) is 0.474. The Morgan fingerprint density at radius 3 is 2.61 bits per heavy atom. The van der Waals surface area contributed by atoms with E-state index in [9.17, 15) is 0 Å². The Balaban J connectivity index is 1.39. The van der Waals surface area contributed by atoms with Crippen molar-refractivity contribution in [1.82, 2.24) is 34.1 Å². The third-order valence-corrected chi connectivity index (χ3v) is 5.19. The Morgan fingerprint density at radius 2 is 1.84 bits per heavy atom. The van der Waals surface area contributed by atoms with Gasteiger partial charge in [0.15, 0.2) is 11.5 Å². The number of rotatable bonds is 5. The van der Waals surface area contributed by atoms with Gasteiger partial charge in [-0.1, -0.05) is 6.07 Å². The van der Waals surface area contributed by atoms with Crippen molar-refractivity contribution in [3.05, 3.63) is 78.4 Å². The van der Waals surface area contributed by atoms with Gasteiger partial charge in [-0.25, -0.2) is 9.97 Å². The molecule has 0 amide bonds. The van der Waals surface area contributed by atoms with E-state index >= 15 is 0 Å². The molecule has 0 bridgehead atoms. The van der Waals surface area contributed by atoms with Gasteiger partial charge in [0.05, 0.1) is 23.8 Å². The van der Waals surface area contributed by atoms with E-state index < -0.39 is 0 Å². The van der Waals surface area contributed by atoms with Crippen molar-refractivity contribution >= 4 is 11.5 Å². The Morgan fingerprint density at radius 1 is 0.935 bits per heavy atom. The molecule has 0 aromatic carbocycles. The summed E-state index contributed by atoms with van der Waals surface area (Å²) in [5, 5.41) is 7.66. The minimum Gasteiger partial charge on any atom is -0.363 e. The maximum Gasteiger partial charge on any atom is 0.180 e. The molecule has 5 rings (SSSR count). The van der Waals surface area contributed by atoms with Gasteiger partial charge in [-0.3, -0.25) is 19.1 Å². The van der Waals surface area contributed by atoms with Crippen molar-refractivity contribution in [2.75, 3.05) is 5.32 Å². The summed E-state index contributed by atoms with van der Waals surface area (Å²) in [6.07, 6.45) is 13.0. The van der Waals surface area contributed by atoms with Crippen LogP contribution in [0.15, 0.2) is 61.6 Å². The number of aromatic nitrogens is 7. The van der Waals surface area contributed by atoms with Crippen molar-refractivity contribution in [2.45, 2.75) is 20.4 Å². The van der Waals surface area contributed by atoms with Crippen molar-refractivity contribution in [3.63, 3.8) is 0 Å². The number of imidazole rings is 1. The summed E-state index contributed by atoms with van der Waals surface area (Å²) in [6, 6.07) is 6.19. The Kier molecular flexibility index (Phi) is 4.66. The minimum absolute atomic E-state index is 0.602. The number of aryl methyl sites for hydroxylation is 3. The van der Waals surface area contributed by atoms with Crippen LogP contribution in [0.3, 0.4) is 0 Å². The lowest BCUT2D eigenvalue weighted by Crippen LogP contribution is -2.05. The lowest BCUT2D eigenvalue weighted by Gasteiger charge is -2.10. The lowest BCUT2D eigenvalue weighted by molar-refractivity contribution is 0.768. The third kappa shape index (κ3) is 3.63. The molecule has 0 saturated carbocycles. The number of nitrogens with one attached hydrogen (secondary N) is 1. The van der Waals surface area contributed by atoms with Gasteiger partial charge in [-0.05, 0) is 37.1 Å². The first kappa shape index (κ1) is 18.9. The third-order valence-electron chi connectivity index (χ3n) is 5.19. The summed E-state index contributed by atoms with van der Waals surface area (Å²) >= 11 is 0. The normalized spacial score (nSPS) is 11.2. The molecule has 0 spiro atoms. The summed E-state index contributed by atoms with van der Waals surface area (Å²) in [7, 11) is 1.90. The highest BCUT2D eigenvalue weighted by atomic mass is 15.2. The molecular formula is C23H22N8. The zero-order valence-electron chi connectivity index (χ0n) is 17.6. The van der Waals surface area contributed by atoms with Crippen LogP contribution in [0.25, 0.3) is 28.2 Å². The average Bonchev–Trinajstić information content (AvgIpc) is 3.38. The van der Waals surface area contributed by atoms with Crippen LogP contribution in [0.4, 0.5) is 5.82 Å². The molecule has 8 heteroatoms. The number of anilines is 1. The summed E-state index contributed by atoms with van der Waals surface area (Å²) in [4.78, 5) is 18.0. The lowest BCUT2D eigenvalue weighted by atomic mass is 10.1. The molecule has 0 aliphatic carbocycles. The molecule has 154 valence electrons. The molecule has 0 fully saturated rings. The fourth-order valence-electron chi connectivity index (χ4n) is 3.72. The molecule has 5 heterocycles. The van der Waals surface area contributed by atoms with E-state index in [1.54, 1.807) is 10.9 Å². The highest BCUT2D eigenvalue weighted by Gasteiger charge is 2.12. The molecule has 1 N–H and O–H groups in total. The molecule has 0 aliphatic heterocycles. The molecule has 5 aromatic rings. The molecule has 31 heavy (non-hydrogen) atoms. The summed E-state index contributed by atoms with van der Waals surface area (Å²) in [5.41, 5.74) is 7.99. The second-order valence-corrected chi connectivity index (χ2v) is 7.56. The van der Waals surface area contributed by atoms with Gasteiger partial charge in [0.1, 0.15) is 0 Å². The van der Waals surface area contributed by atoms with E-state index in [4.69, 9.17) is 4.98 Å². The highest BCUT2D eigenvalue weighted by molar-refractivity contribution is 5.70. The summed E-state index contributed by atoms with van der Waals surface area (Å²) < 4.78 is 3.80. The van der Waals surface area contributed by atoms with Crippen molar-refractivity contribution in [1.29, 1.82) is 0 Å². The largest absolute Gasteiger partial charge is 0.363 e. The summed E-state index contributed by atoms with van der Waals surface area (Å²) in [5.74, 6) is 0.726. The number of hydrogen-bond acceptors (Lipinski definition) is 6. The second kappa shape index (κ2) is 7.64. The Bertz CT molecular complexity index is 1380. The van der Waals surface area contributed by atoms with Gasteiger partial charge in [0.25, 0.3) is 0 Å². The summed E-state index contributed by atoms with van der Waals surface area (Å²) in [6.45, 7) is 4.67.